The van der Waals surface area contributed by atoms with Gasteiger partial charge in [-0.2, -0.15) is 0 Å². The Labute approximate surface area is 99.6 Å². The van der Waals surface area contributed by atoms with Gasteiger partial charge >= 0.3 is 0 Å². The minimum absolute atomic E-state index is 0.214. The number of carbonyl (C=O) groups excluding carboxylic acids is 1. The highest BCUT2D eigenvalue weighted by Gasteiger charge is 2.25. The number of nitrogens with zero attached hydrogens (tertiary/aromatic N) is 1. The summed E-state index contributed by atoms with van der Waals surface area (Å²) in [6, 6.07) is 1.16. The predicted octanol–water partition coefficient (Wildman–Crippen LogP) is 2.17. The molecule has 0 aromatic carbocycles. The van der Waals surface area contributed by atoms with Crippen molar-refractivity contribution in [3.8, 4) is 0 Å². The molecule has 1 rings (SSSR count). The van der Waals surface area contributed by atoms with Crippen LogP contribution < -0.4 is 5.32 Å². The van der Waals surface area contributed by atoms with Crippen LogP contribution in [0.3, 0.4) is 0 Å². The van der Waals surface area contributed by atoms with Gasteiger partial charge < -0.3 is 10.2 Å². The Bertz CT molecular complexity index is 218. The average molecular weight is 226 g/mol. The minimum Gasteiger partial charge on any atom is -0.341 e. The molecular weight excluding hydrogens is 200 g/mol. The highest BCUT2D eigenvalue weighted by atomic mass is 16.2. The smallest absolute Gasteiger partial charge is 0.219 e. The SMILES string of the molecule is CCCCC(CC)NC1CCN(C(C)=O)C1. The monoisotopic (exact) mass is 226 g/mol. The minimum atomic E-state index is 0.214. The van der Waals surface area contributed by atoms with Crippen molar-refractivity contribution in [2.45, 2.75) is 65.0 Å². The van der Waals surface area contributed by atoms with Crippen molar-refractivity contribution >= 4 is 5.91 Å². The third kappa shape index (κ3) is 4.12. The molecule has 0 radical (unpaired) electrons. The largest absolute Gasteiger partial charge is 0.341 e. The van der Waals surface area contributed by atoms with Crippen molar-refractivity contribution < 1.29 is 4.79 Å². The zero-order valence-electron chi connectivity index (χ0n) is 11.0. The summed E-state index contributed by atoms with van der Waals surface area (Å²) in [5.74, 6) is 0.214. The quantitative estimate of drug-likeness (QED) is 0.753. The van der Waals surface area contributed by atoms with Crippen molar-refractivity contribution in [2.75, 3.05) is 13.1 Å². The maximum absolute atomic E-state index is 11.2. The number of amides is 1. The number of hydrogen-bond donors (Lipinski definition) is 1. The summed E-state index contributed by atoms with van der Waals surface area (Å²) in [5.41, 5.74) is 0. The number of unbranched alkanes of at least 4 members (excludes halogenated alkanes) is 1. The number of rotatable bonds is 6. The molecule has 2 unspecified atom stereocenters. The van der Waals surface area contributed by atoms with Gasteiger partial charge in [0.1, 0.15) is 0 Å². The Balaban J connectivity index is 2.28. The van der Waals surface area contributed by atoms with E-state index in [1.807, 2.05) is 4.90 Å². The number of hydrogen-bond acceptors (Lipinski definition) is 2. The summed E-state index contributed by atoms with van der Waals surface area (Å²) < 4.78 is 0. The lowest BCUT2D eigenvalue weighted by molar-refractivity contribution is -0.127. The highest BCUT2D eigenvalue weighted by Crippen LogP contribution is 2.12. The zero-order chi connectivity index (χ0) is 12.0. The molecule has 0 aliphatic carbocycles. The molecule has 1 aliphatic heterocycles. The van der Waals surface area contributed by atoms with Crippen LogP contribution in [0.2, 0.25) is 0 Å². The van der Waals surface area contributed by atoms with Gasteiger partial charge in [-0.15, -0.1) is 0 Å². The first kappa shape index (κ1) is 13.5. The number of nitrogens with one attached hydrogen (secondary N) is 1. The molecular formula is C13H26N2O. The zero-order valence-corrected chi connectivity index (χ0v) is 11.0. The first-order valence-electron chi connectivity index (χ1n) is 6.68. The molecule has 1 amide bonds. The topological polar surface area (TPSA) is 32.3 Å². The molecule has 0 aromatic heterocycles. The third-order valence-electron chi connectivity index (χ3n) is 3.50. The third-order valence-corrected chi connectivity index (χ3v) is 3.50. The van der Waals surface area contributed by atoms with Gasteiger partial charge in [-0.1, -0.05) is 26.7 Å². The van der Waals surface area contributed by atoms with Gasteiger partial charge in [-0.25, -0.2) is 0 Å². The van der Waals surface area contributed by atoms with Crippen LogP contribution in [-0.4, -0.2) is 36.0 Å². The van der Waals surface area contributed by atoms with Gasteiger partial charge in [0.05, 0.1) is 0 Å². The van der Waals surface area contributed by atoms with E-state index in [1.54, 1.807) is 6.92 Å². The van der Waals surface area contributed by atoms with Gasteiger partial charge in [-0.3, -0.25) is 4.79 Å². The van der Waals surface area contributed by atoms with Crippen LogP contribution in [0.1, 0.15) is 52.9 Å². The van der Waals surface area contributed by atoms with Crippen LogP contribution in [0.4, 0.5) is 0 Å². The molecule has 0 saturated carbocycles. The maximum atomic E-state index is 11.2. The second-order valence-electron chi connectivity index (χ2n) is 4.86. The Kier molecular flexibility index (Phi) is 5.81. The first-order valence-corrected chi connectivity index (χ1v) is 6.68. The second kappa shape index (κ2) is 6.89. The van der Waals surface area contributed by atoms with Crippen LogP contribution >= 0.6 is 0 Å². The van der Waals surface area contributed by atoms with Gasteiger partial charge in [0.25, 0.3) is 0 Å². The molecule has 1 N–H and O–H groups in total. The molecule has 1 fully saturated rings. The second-order valence-corrected chi connectivity index (χ2v) is 4.86. The van der Waals surface area contributed by atoms with Crippen molar-refractivity contribution in [3.63, 3.8) is 0 Å². The fourth-order valence-electron chi connectivity index (χ4n) is 2.37. The molecule has 0 spiro atoms. The fourth-order valence-corrected chi connectivity index (χ4v) is 2.37. The van der Waals surface area contributed by atoms with Gasteiger partial charge in [0.15, 0.2) is 0 Å². The van der Waals surface area contributed by atoms with Crippen LogP contribution in [0, 0.1) is 0 Å². The Morgan fingerprint density at radius 3 is 2.75 bits per heavy atom. The first-order chi connectivity index (χ1) is 7.67. The molecule has 0 bridgehead atoms. The maximum Gasteiger partial charge on any atom is 0.219 e. The lowest BCUT2D eigenvalue weighted by Gasteiger charge is -2.22. The summed E-state index contributed by atoms with van der Waals surface area (Å²) in [6.07, 6.45) is 6.14. The van der Waals surface area contributed by atoms with Crippen LogP contribution in [0.5, 0.6) is 0 Å². The lowest BCUT2D eigenvalue weighted by atomic mass is 10.1. The standard InChI is InChI=1S/C13H26N2O/c1-4-6-7-12(5-2)14-13-8-9-15(10-13)11(3)16/h12-14H,4-10H2,1-3H3. The van der Waals surface area contributed by atoms with E-state index >= 15 is 0 Å². The predicted molar refractivity (Wildman–Crippen MR) is 67.4 cm³/mol. The molecule has 0 aromatic rings. The van der Waals surface area contributed by atoms with Crippen molar-refractivity contribution in [1.29, 1.82) is 0 Å². The van der Waals surface area contributed by atoms with E-state index in [-0.39, 0.29) is 5.91 Å². The van der Waals surface area contributed by atoms with E-state index in [2.05, 4.69) is 19.2 Å². The molecule has 1 aliphatic rings. The van der Waals surface area contributed by atoms with E-state index in [0.717, 1.165) is 19.5 Å². The summed E-state index contributed by atoms with van der Waals surface area (Å²) >= 11 is 0. The molecule has 1 heterocycles. The van der Waals surface area contributed by atoms with Gasteiger partial charge in [-0.05, 0) is 19.3 Å². The Morgan fingerprint density at radius 2 is 2.25 bits per heavy atom. The summed E-state index contributed by atoms with van der Waals surface area (Å²) in [4.78, 5) is 13.2. The van der Waals surface area contributed by atoms with Crippen molar-refractivity contribution in [3.05, 3.63) is 0 Å². The molecule has 3 heteroatoms. The summed E-state index contributed by atoms with van der Waals surface area (Å²) in [6.45, 7) is 7.97. The average Bonchev–Trinajstić information content (AvgIpc) is 2.72. The Morgan fingerprint density at radius 1 is 1.50 bits per heavy atom. The highest BCUT2D eigenvalue weighted by molar-refractivity contribution is 5.73. The van der Waals surface area contributed by atoms with Crippen molar-refractivity contribution in [2.24, 2.45) is 0 Å². The van der Waals surface area contributed by atoms with Crippen LogP contribution in [0.15, 0.2) is 0 Å². The van der Waals surface area contributed by atoms with Gasteiger partial charge in [0, 0.05) is 32.1 Å². The Hall–Kier alpha value is -0.570. The lowest BCUT2D eigenvalue weighted by Crippen LogP contribution is -2.40. The van der Waals surface area contributed by atoms with E-state index < -0.39 is 0 Å². The number of likely N-dealkylation sites (tertiary alicyclic amines) is 1. The molecule has 3 nitrogen and oxygen atoms in total. The normalized spacial score (nSPS) is 22.4. The van der Waals surface area contributed by atoms with E-state index in [4.69, 9.17) is 0 Å². The number of carbonyl (C=O) groups is 1. The fraction of sp³-hybridized carbons (Fsp3) is 0.923. The summed E-state index contributed by atoms with van der Waals surface area (Å²) in [7, 11) is 0. The van der Waals surface area contributed by atoms with Crippen LogP contribution in [0.25, 0.3) is 0 Å². The van der Waals surface area contributed by atoms with E-state index in [1.165, 1.54) is 25.7 Å². The van der Waals surface area contributed by atoms with Crippen molar-refractivity contribution in [1.82, 2.24) is 10.2 Å². The summed E-state index contributed by atoms with van der Waals surface area (Å²) in [5, 5.41) is 3.69. The van der Waals surface area contributed by atoms with E-state index in [9.17, 15) is 4.79 Å². The molecule has 2 atom stereocenters. The van der Waals surface area contributed by atoms with Gasteiger partial charge in [0.2, 0.25) is 5.91 Å². The molecule has 16 heavy (non-hydrogen) atoms. The van der Waals surface area contributed by atoms with Crippen LogP contribution in [-0.2, 0) is 4.79 Å². The molecule has 94 valence electrons. The van der Waals surface area contributed by atoms with E-state index in [0.29, 0.717) is 12.1 Å². The molecule has 1 saturated heterocycles.